The molecule has 38 heavy (non-hydrogen) atoms. The first-order chi connectivity index (χ1) is 17.5. The highest BCUT2D eigenvalue weighted by molar-refractivity contribution is 7.87. The van der Waals surface area contributed by atoms with Crippen LogP contribution in [0.2, 0.25) is 0 Å². The van der Waals surface area contributed by atoms with E-state index in [-0.39, 0.29) is 24.2 Å². The molecule has 0 aliphatic carbocycles. The van der Waals surface area contributed by atoms with Gasteiger partial charge < -0.3 is 14.9 Å². The number of rotatable bonds is 3. The van der Waals surface area contributed by atoms with Crippen molar-refractivity contribution in [3.05, 3.63) is 21.7 Å². The number of carbonyl (C=O) groups excluding carboxylic acids is 2. The monoisotopic (exact) mass is 571 g/mol. The molecule has 2 fully saturated rings. The molecule has 3 rings (SSSR count). The molecule has 2 saturated heterocycles. The minimum Gasteiger partial charge on any atom is -0.458 e. The Morgan fingerprint density at radius 1 is 1.24 bits per heavy atom. The summed E-state index contributed by atoms with van der Waals surface area (Å²) in [4.78, 5) is 30.7. The summed E-state index contributed by atoms with van der Waals surface area (Å²) in [6.45, 7) is 10.3. The summed E-state index contributed by atoms with van der Waals surface area (Å²) in [6.07, 6.45) is 0.259. The van der Waals surface area contributed by atoms with Gasteiger partial charge in [0.15, 0.2) is 0 Å². The van der Waals surface area contributed by atoms with Crippen LogP contribution in [-0.2, 0) is 24.5 Å². The van der Waals surface area contributed by atoms with Gasteiger partial charge >= 0.3 is 5.97 Å². The molecule has 0 bridgehead atoms. The van der Waals surface area contributed by atoms with Gasteiger partial charge in [0.05, 0.1) is 34.7 Å². The van der Waals surface area contributed by atoms with Crippen LogP contribution in [0.3, 0.4) is 0 Å². The summed E-state index contributed by atoms with van der Waals surface area (Å²) in [5.74, 6) is -2.02. The van der Waals surface area contributed by atoms with Crippen LogP contribution >= 0.6 is 11.3 Å². The van der Waals surface area contributed by atoms with Crippen LogP contribution in [0.15, 0.2) is 11.0 Å². The van der Waals surface area contributed by atoms with Crippen LogP contribution in [-0.4, -0.2) is 70.1 Å². The van der Waals surface area contributed by atoms with E-state index in [4.69, 9.17) is 9.88 Å². The van der Waals surface area contributed by atoms with Gasteiger partial charge in [-0.05, 0) is 44.3 Å². The molecule has 1 aromatic heterocycles. The van der Waals surface area contributed by atoms with Crippen molar-refractivity contribution in [2.24, 2.45) is 22.4 Å². The maximum absolute atomic E-state index is 13.2. The number of carbonyl (C=O) groups is 2. The Bertz CT molecular complexity index is 1160. The van der Waals surface area contributed by atoms with E-state index < -0.39 is 58.3 Å². The number of aliphatic hydroxyl groups excluding tert-OH is 2. The molecule has 8 unspecified atom stereocenters. The molecule has 0 radical (unpaired) electrons. The quantitative estimate of drug-likeness (QED) is 0.369. The van der Waals surface area contributed by atoms with Gasteiger partial charge in [0.25, 0.3) is 10.2 Å². The van der Waals surface area contributed by atoms with Crippen LogP contribution in [0.1, 0.15) is 77.4 Å². The Morgan fingerprint density at radius 2 is 1.89 bits per heavy atom. The Hall–Kier alpha value is -1.70. The summed E-state index contributed by atoms with van der Waals surface area (Å²) >= 11 is 1.48. The van der Waals surface area contributed by atoms with Crippen LogP contribution in [0.4, 0.5) is 0 Å². The van der Waals surface area contributed by atoms with Crippen molar-refractivity contribution in [3.8, 4) is 0 Å². The molecule has 8 atom stereocenters. The third-order valence-electron chi connectivity index (χ3n) is 8.05. The van der Waals surface area contributed by atoms with Gasteiger partial charge in [-0.25, -0.2) is 10.1 Å². The van der Waals surface area contributed by atoms with E-state index in [9.17, 15) is 28.2 Å². The first kappa shape index (κ1) is 30.8. The highest BCUT2D eigenvalue weighted by Gasteiger charge is 2.54. The smallest absolute Gasteiger partial charge is 0.309 e. The molecule has 0 aromatic carbocycles. The molecule has 2 aliphatic heterocycles. The second kappa shape index (κ2) is 11.8. The van der Waals surface area contributed by atoms with Gasteiger partial charge in [0.1, 0.15) is 11.9 Å². The number of nitrogens with zero attached hydrogens (tertiary/aromatic N) is 2. The minimum absolute atomic E-state index is 0.200. The predicted octanol–water partition coefficient (Wildman–Crippen LogP) is 2.58. The third-order valence-corrected chi connectivity index (χ3v) is 9.97. The highest BCUT2D eigenvalue weighted by atomic mass is 32.2. The van der Waals surface area contributed by atoms with Crippen molar-refractivity contribution < 1.29 is 33.0 Å². The number of hydrogen-bond donors (Lipinski definition) is 3. The largest absolute Gasteiger partial charge is 0.458 e. The van der Waals surface area contributed by atoms with Crippen molar-refractivity contribution in [1.82, 2.24) is 9.29 Å². The fourth-order valence-electron chi connectivity index (χ4n) is 5.42. The lowest BCUT2D eigenvalue weighted by atomic mass is 9.73. The van der Waals surface area contributed by atoms with Crippen molar-refractivity contribution >= 4 is 39.4 Å². The molecule has 2 aliphatic rings. The molecule has 4 N–H and O–H groups in total. The van der Waals surface area contributed by atoms with E-state index in [1.165, 1.54) is 15.6 Å². The first-order valence-corrected chi connectivity index (χ1v) is 15.4. The van der Waals surface area contributed by atoms with Crippen LogP contribution in [0, 0.1) is 24.2 Å². The molecule has 1 aromatic rings. The summed E-state index contributed by atoms with van der Waals surface area (Å²) < 4.78 is 31.6. The van der Waals surface area contributed by atoms with Crippen molar-refractivity contribution in [1.29, 1.82) is 0 Å². The second-order valence-corrected chi connectivity index (χ2v) is 13.9. The minimum atomic E-state index is -3.97. The maximum atomic E-state index is 13.2. The summed E-state index contributed by atoms with van der Waals surface area (Å²) in [5.41, 5.74) is 0.0953. The number of aryl methyl sites for hydroxylation is 1. The number of nitrogens with two attached hydrogens (primary N) is 1. The van der Waals surface area contributed by atoms with E-state index in [2.05, 4.69) is 4.98 Å². The number of fused-ring (bicyclic) bond motifs is 1. The van der Waals surface area contributed by atoms with Crippen LogP contribution in [0.25, 0.3) is 6.08 Å². The Labute approximate surface area is 229 Å². The van der Waals surface area contributed by atoms with Gasteiger partial charge in [0.2, 0.25) is 0 Å². The van der Waals surface area contributed by atoms with Gasteiger partial charge in [-0.2, -0.15) is 12.7 Å². The zero-order valence-corrected chi connectivity index (χ0v) is 24.6. The van der Waals surface area contributed by atoms with E-state index in [1.54, 1.807) is 33.8 Å². The second-order valence-electron chi connectivity index (χ2n) is 11.4. The zero-order chi connectivity index (χ0) is 28.6. The summed E-state index contributed by atoms with van der Waals surface area (Å²) in [5, 5.41) is 30.0. The SMILES string of the molecule is C/C(=C\c1csc(C)n1)C1CC2C(CCCC(C)C(O)C(C)C(=O)C(C)(C)C(O)CC(=O)O1)N2S(N)(=O)=O. The van der Waals surface area contributed by atoms with Gasteiger partial charge in [-0.3, -0.25) is 9.59 Å². The number of cyclic esters (lactones) is 1. The fraction of sp³-hybridized carbons (Fsp3) is 0.731. The Balaban J connectivity index is 1.94. The summed E-state index contributed by atoms with van der Waals surface area (Å²) in [7, 11) is -3.97. The molecule has 214 valence electrons. The Morgan fingerprint density at radius 3 is 2.47 bits per heavy atom. The number of aromatic nitrogens is 1. The number of ether oxygens (including phenoxy) is 1. The van der Waals surface area contributed by atoms with Gasteiger partial charge in [-0.15, -0.1) is 11.3 Å². The van der Waals surface area contributed by atoms with Crippen molar-refractivity contribution in [2.45, 2.75) is 104 Å². The number of ketones is 1. The lowest BCUT2D eigenvalue weighted by molar-refractivity contribution is -0.154. The van der Waals surface area contributed by atoms with E-state index in [1.807, 2.05) is 19.2 Å². The number of thiazole rings is 1. The molecular weight excluding hydrogens is 530 g/mol. The molecule has 3 heterocycles. The van der Waals surface area contributed by atoms with E-state index >= 15 is 0 Å². The van der Waals surface area contributed by atoms with Crippen LogP contribution < -0.4 is 5.14 Å². The van der Waals surface area contributed by atoms with E-state index in [0.717, 1.165) is 5.01 Å². The standard InChI is InChI=1S/C26H41N3O7S2/c1-14-8-7-9-19-20(29(19)38(27,34)35)11-21(15(2)10-18-13-37-17(4)28-18)36-23(31)12-22(30)26(5,6)25(33)16(3)24(14)32/h10,13-14,16,19-22,24,30,32H,7-9,11-12H2,1-6H3,(H2,27,34,35)/b15-10+. The van der Waals surface area contributed by atoms with Crippen molar-refractivity contribution in [3.63, 3.8) is 0 Å². The number of Topliss-reactive ketones (excluding diaryl/α,β-unsaturated/α-hetero) is 1. The van der Waals surface area contributed by atoms with E-state index in [0.29, 0.717) is 30.5 Å². The normalized spacial score (nSPS) is 35.9. The van der Waals surface area contributed by atoms with Gasteiger partial charge in [0, 0.05) is 29.8 Å². The predicted molar refractivity (Wildman–Crippen MR) is 145 cm³/mol. The number of hydrogen-bond acceptors (Lipinski definition) is 9. The number of esters is 1. The molecule has 10 nitrogen and oxygen atoms in total. The summed E-state index contributed by atoms with van der Waals surface area (Å²) in [6, 6.07) is -0.792. The average molecular weight is 572 g/mol. The molecular formula is C26H41N3O7S2. The van der Waals surface area contributed by atoms with Crippen LogP contribution in [0.5, 0.6) is 0 Å². The topological polar surface area (TPSA) is 160 Å². The Kier molecular flexibility index (Phi) is 9.58. The molecule has 0 saturated carbocycles. The fourth-order valence-corrected chi connectivity index (χ4v) is 7.17. The number of aliphatic hydroxyl groups is 2. The third kappa shape index (κ3) is 7.08. The molecule has 12 heteroatoms. The molecule has 0 spiro atoms. The average Bonchev–Trinajstić information content (AvgIpc) is 3.36. The zero-order valence-electron chi connectivity index (χ0n) is 23.0. The first-order valence-electron chi connectivity index (χ1n) is 13.1. The highest BCUT2D eigenvalue weighted by Crippen LogP contribution is 2.40. The van der Waals surface area contributed by atoms with Gasteiger partial charge in [-0.1, -0.05) is 34.1 Å². The van der Waals surface area contributed by atoms with Crippen molar-refractivity contribution in [2.75, 3.05) is 0 Å². The lowest BCUT2D eigenvalue weighted by Gasteiger charge is -2.34. The lowest BCUT2D eigenvalue weighted by Crippen LogP contribution is -2.45. The molecule has 0 amide bonds. The maximum Gasteiger partial charge on any atom is 0.309 e.